The Morgan fingerprint density at radius 2 is 0.700 bits per heavy atom. The van der Waals surface area contributed by atoms with Crippen LogP contribution in [-0.2, 0) is 74.7 Å². The van der Waals surface area contributed by atoms with Gasteiger partial charge in [-0.3, -0.25) is 29.3 Å². The van der Waals surface area contributed by atoms with Crippen LogP contribution in [0.2, 0.25) is 0 Å². The van der Waals surface area contributed by atoms with Crippen LogP contribution in [0.1, 0.15) is 58.2 Å². The van der Waals surface area contributed by atoms with Crippen molar-refractivity contribution in [1.29, 1.82) is 0 Å². The van der Waals surface area contributed by atoms with E-state index in [0.717, 1.165) is 50.3 Å². The molecule has 90 heavy (non-hydrogen) atoms. The second kappa shape index (κ2) is 37.4. The third kappa shape index (κ3) is 23.2. The Balaban J connectivity index is 0.000000246. The van der Waals surface area contributed by atoms with Crippen LogP contribution >= 0.6 is 34.0 Å². The summed E-state index contributed by atoms with van der Waals surface area (Å²) in [6, 6.07) is 78.4. The number of rotatable bonds is 9. The van der Waals surface area contributed by atoms with Crippen LogP contribution in [0.25, 0.3) is 95.7 Å². The molecular weight excluding hydrogens is 1710 g/mol. The van der Waals surface area contributed by atoms with Crippen LogP contribution in [0.3, 0.4) is 0 Å². The number of carbonyl (C=O) groups excluding carboxylic acids is 3. The molecule has 6 aromatic heterocycles. The Bertz CT molecular complexity index is 4220. The average molecular weight is 1780 g/mol. The fourth-order valence-corrected chi connectivity index (χ4v) is 11.9. The number of fused-ring (bicyclic) bond motifs is 3. The Morgan fingerprint density at radius 3 is 1.01 bits per heavy atom. The maximum atomic E-state index is 10.0. The fourth-order valence-electron chi connectivity index (χ4n) is 8.69. The summed E-state index contributed by atoms with van der Waals surface area (Å²) in [5.74, 6) is -0.187. The second-order valence-corrected chi connectivity index (χ2v) is 23.3. The fraction of sp³-hybridized carbons (Fsp3) is 0.120. The number of ketones is 3. The van der Waals surface area contributed by atoms with E-state index in [-0.39, 0.29) is 94.9 Å². The predicted octanol–water partition coefficient (Wildman–Crippen LogP) is 20.3. The summed E-state index contributed by atoms with van der Waals surface area (Å²) in [6.07, 6.45) is 3.50. The number of nitrogens with zero attached hydrogens (tertiary/aromatic N) is 3. The van der Waals surface area contributed by atoms with Gasteiger partial charge in [0, 0.05) is 93.2 Å². The Hall–Kier alpha value is -7.77. The van der Waals surface area contributed by atoms with Crippen LogP contribution in [0.15, 0.2) is 236 Å². The number of hydrogen-bond donors (Lipinski definition) is 3. The number of aliphatic hydroxyl groups excluding tert-OH is 3. The van der Waals surface area contributed by atoms with E-state index in [1.54, 1.807) is 22.7 Å². The van der Waals surface area contributed by atoms with Crippen molar-refractivity contribution in [3.05, 3.63) is 271 Å². The van der Waals surface area contributed by atoms with Crippen molar-refractivity contribution in [2.24, 2.45) is 0 Å². The van der Waals surface area contributed by atoms with E-state index in [4.69, 9.17) is 30.3 Å². The van der Waals surface area contributed by atoms with Crippen LogP contribution in [-0.4, -0.2) is 47.6 Å². The van der Waals surface area contributed by atoms with Crippen molar-refractivity contribution >= 4 is 82.0 Å². The average Bonchev–Trinajstić information content (AvgIpc) is 1.70. The molecule has 9 nitrogen and oxygen atoms in total. The standard InChI is InChI=1S/C21H16NS.C20H14NS.C19H12NS.3C5H8O2.3Ir/c1-14-7-6-8-15(2)21(14)20-13-18-19(23-20)12-11-17(22-18)16-9-4-3-5-10-16;1-14-7-9-16(10-8-14)20-13-18-19(22-20)12-11-17(21-18)15-5-3-2-4-6-15;1-3-7-14(8-4-1)16-11-12-18-17(20-16)13-19(21-18)15-9-5-2-6-10-15;3*1-4(6)3-5(2)7;;;/h3-9,11-13H,1-2H3;2-5,7-13H,1H3;1-7,9-13H;3*3,6H,1-2H3;;;/q3*-1;;;;;;. The molecule has 0 aliphatic heterocycles. The minimum absolute atomic E-state index is 0. The monoisotopic (exact) mass is 1780 g/mol. The number of aryl methyl sites for hydroxylation is 3. The molecule has 0 aliphatic carbocycles. The predicted molar refractivity (Wildman–Crippen MR) is 363 cm³/mol. The first-order valence-electron chi connectivity index (χ1n) is 27.8. The van der Waals surface area contributed by atoms with Gasteiger partial charge in [-0.25, -0.2) is 0 Å². The number of pyridine rings is 3. The summed E-state index contributed by atoms with van der Waals surface area (Å²) in [7, 11) is 0. The molecule has 0 spiro atoms. The number of hydrogen-bond acceptors (Lipinski definition) is 12. The normalized spacial score (nSPS) is 10.7. The summed E-state index contributed by atoms with van der Waals surface area (Å²) in [6.45, 7) is 15.0. The van der Waals surface area contributed by atoms with Gasteiger partial charge in [0.05, 0.1) is 47.9 Å². The Morgan fingerprint density at radius 1 is 0.378 bits per heavy atom. The molecule has 6 heterocycles. The van der Waals surface area contributed by atoms with Crippen LogP contribution in [0, 0.1) is 39.0 Å². The smallest absolute Gasteiger partial charge is 0.155 e. The first kappa shape index (κ1) is 74.7. The van der Waals surface area contributed by atoms with E-state index < -0.39 is 0 Å². The minimum atomic E-state index is -0.125. The van der Waals surface area contributed by atoms with Crippen molar-refractivity contribution < 1.29 is 90.0 Å². The summed E-state index contributed by atoms with van der Waals surface area (Å²) < 4.78 is 3.66. The van der Waals surface area contributed by atoms with Crippen molar-refractivity contribution in [2.45, 2.75) is 62.3 Å². The molecule has 15 heteroatoms. The Labute approximate surface area is 579 Å². The quantitative estimate of drug-likeness (QED) is 0.0729. The molecule has 3 N–H and O–H groups in total. The van der Waals surface area contributed by atoms with Crippen LogP contribution < -0.4 is 0 Å². The van der Waals surface area contributed by atoms with Gasteiger partial charge >= 0.3 is 0 Å². The van der Waals surface area contributed by atoms with Gasteiger partial charge < -0.3 is 15.3 Å². The number of benzene rings is 6. The molecule has 0 unspecified atom stereocenters. The Kier molecular flexibility index (Phi) is 31.0. The SMILES string of the molecule is CC(=O)C=C(C)O.CC(=O)C=C(C)O.CC(=O)C=C(C)O.Cc1ccc(-c2cc3nc(-c4[c-]cccc4)ccc3s2)cc1.Cc1cccc(C)c1-c1cc2nc(-c3[c-]cccc3)ccc2s1.[Ir].[Ir].[Ir].[c-]1ccccc1-c1ccc2sc(-c3ccccc3)cc2n1. The van der Waals surface area contributed by atoms with Gasteiger partial charge in [0.15, 0.2) is 17.3 Å². The van der Waals surface area contributed by atoms with Crippen LogP contribution in [0.5, 0.6) is 0 Å². The molecule has 465 valence electrons. The van der Waals surface area contributed by atoms with Gasteiger partial charge in [-0.2, -0.15) is 0 Å². The molecule has 6 aromatic carbocycles. The third-order valence-electron chi connectivity index (χ3n) is 12.4. The van der Waals surface area contributed by atoms with Crippen LogP contribution in [0.4, 0.5) is 0 Å². The van der Waals surface area contributed by atoms with Crippen molar-refractivity contribution in [1.82, 2.24) is 15.0 Å². The zero-order chi connectivity index (χ0) is 62.4. The molecule has 12 rings (SSSR count). The molecule has 3 radical (unpaired) electrons. The van der Waals surface area contributed by atoms with E-state index >= 15 is 0 Å². The molecule has 0 fully saturated rings. The number of aromatic nitrogens is 3. The van der Waals surface area contributed by atoms with E-state index in [1.807, 2.05) is 90.2 Å². The zero-order valence-electron chi connectivity index (χ0n) is 50.9. The number of allylic oxidation sites excluding steroid dienone is 6. The molecule has 0 bridgehead atoms. The third-order valence-corrected chi connectivity index (χ3v) is 15.8. The molecule has 0 saturated carbocycles. The minimum Gasteiger partial charge on any atom is -0.512 e. The first-order valence-corrected chi connectivity index (χ1v) is 30.2. The largest absolute Gasteiger partial charge is 0.512 e. The topological polar surface area (TPSA) is 151 Å². The van der Waals surface area contributed by atoms with Gasteiger partial charge in [-0.05, 0) is 144 Å². The van der Waals surface area contributed by atoms with E-state index in [1.165, 1.54) is 122 Å². The van der Waals surface area contributed by atoms with Gasteiger partial charge in [-0.15, -0.1) is 142 Å². The van der Waals surface area contributed by atoms with Crippen molar-refractivity contribution in [3.8, 4) is 65.1 Å². The summed E-state index contributed by atoms with van der Waals surface area (Å²) in [5.41, 5.74) is 16.9. The summed E-state index contributed by atoms with van der Waals surface area (Å²) in [4.78, 5) is 48.2. The number of aliphatic hydroxyl groups is 3. The molecule has 0 saturated heterocycles. The van der Waals surface area contributed by atoms with Gasteiger partial charge in [0.1, 0.15) is 0 Å². The van der Waals surface area contributed by atoms with Crippen molar-refractivity contribution in [2.75, 3.05) is 0 Å². The number of carbonyl (C=O) groups is 3. The number of thiophene rings is 3. The molecule has 0 aliphatic rings. The molecule has 0 amide bonds. The maximum Gasteiger partial charge on any atom is 0.155 e. The summed E-state index contributed by atoms with van der Waals surface area (Å²) >= 11 is 5.38. The van der Waals surface area contributed by atoms with Gasteiger partial charge in [-0.1, -0.05) is 96.6 Å². The zero-order valence-corrected chi connectivity index (χ0v) is 60.6. The molecule has 12 aromatic rings. The second-order valence-electron chi connectivity index (χ2n) is 20.1. The van der Waals surface area contributed by atoms with Gasteiger partial charge in [0.2, 0.25) is 0 Å². The van der Waals surface area contributed by atoms with Gasteiger partial charge in [0.25, 0.3) is 0 Å². The maximum absolute atomic E-state index is 10.0. The van der Waals surface area contributed by atoms with Crippen molar-refractivity contribution in [3.63, 3.8) is 0 Å². The molecule has 0 atom stereocenters. The first-order chi connectivity index (χ1) is 41.8. The molecular formula is C75H66Ir3N3O6S3-3. The van der Waals surface area contributed by atoms with E-state index in [0.29, 0.717) is 0 Å². The van der Waals surface area contributed by atoms with E-state index in [9.17, 15) is 14.4 Å². The van der Waals surface area contributed by atoms with E-state index in [2.05, 4.69) is 160 Å². The summed E-state index contributed by atoms with van der Waals surface area (Å²) in [5, 5.41) is 25.1.